The second-order valence-corrected chi connectivity index (χ2v) is 6.63. The number of aliphatic imine (C=N–C) groups is 1. The van der Waals surface area contributed by atoms with Gasteiger partial charge in [-0.15, -0.1) is 24.0 Å². The minimum atomic E-state index is -0.293. The molecule has 2 N–H and O–H groups in total. The van der Waals surface area contributed by atoms with E-state index in [1.807, 2.05) is 17.0 Å². The van der Waals surface area contributed by atoms with E-state index in [9.17, 15) is 4.39 Å². The van der Waals surface area contributed by atoms with E-state index in [1.165, 1.54) is 6.07 Å². The van der Waals surface area contributed by atoms with Crippen LogP contribution in [0.4, 0.5) is 10.2 Å². The molecule has 0 bridgehead atoms. The largest absolute Gasteiger partial charge is 0.492 e. The van der Waals surface area contributed by atoms with Gasteiger partial charge >= 0.3 is 0 Å². The van der Waals surface area contributed by atoms with Crippen LogP contribution in [0.3, 0.4) is 0 Å². The molecule has 1 atom stereocenters. The summed E-state index contributed by atoms with van der Waals surface area (Å²) in [5.41, 5.74) is 0. The molecule has 0 aliphatic carbocycles. The number of aromatic nitrogens is 1. The number of anilines is 1. The highest BCUT2D eigenvalue weighted by molar-refractivity contribution is 14.0. The van der Waals surface area contributed by atoms with E-state index >= 15 is 0 Å². The average molecular weight is 520 g/mol. The number of hydrogen-bond donors (Lipinski definition) is 2. The second kappa shape index (κ2) is 11.3. The third-order valence-corrected chi connectivity index (χ3v) is 4.49. The summed E-state index contributed by atoms with van der Waals surface area (Å²) in [7, 11) is 1.72. The minimum Gasteiger partial charge on any atom is -0.492 e. The molecule has 0 amide bonds. The van der Waals surface area contributed by atoms with Crippen molar-refractivity contribution in [3.8, 4) is 5.75 Å². The molecule has 1 aliphatic rings. The highest BCUT2D eigenvalue weighted by Crippen LogP contribution is 2.20. The molecule has 1 fully saturated rings. The molecule has 0 saturated carbocycles. The van der Waals surface area contributed by atoms with Crippen molar-refractivity contribution in [2.75, 3.05) is 38.2 Å². The Morgan fingerprint density at radius 2 is 2.25 bits per heavy atom. The molecule has 1 saturated heterocycles. The molecular weight excluding hydrogens is 496 g/mol. The van der Waals surface area contributed by atoms with Gasteiger partial charge in [-0.2, -0.15) is 0 Å². The molecule has 0 spiro atoms. The Labute approximate surface area is 186 Å². The molecule has 6 nitrogen and oxygen atoms in total. The van der Waals surface area contributed by atoms with Crippen LogP contribution >= 0.6 is 35.6 Å². The molecule has 0 radical (unpaired) electrons. The molecule has 3 rings (SSSR count). The van der Waals surface area contributed by atoms with Crippen LogP contribution in [0, 0.1) is 5.82 Å². The van der Waals surface area contributed by atoms with Crippen molar-refractivity contribution in [3.05, 3.63) is 53.4 Å². The quantitative estimate of drug-likeness (QED) is 0.265. The van der Waals surface area contributed by atoms with E-state index in [0.29, 0.717) is 36.5 Å². The molecule has 2 aromatic rings. The minimum absolute atomic E-state index is 0. The molecule has 1 aromatic carbocycles. The van der Waals surface area contributed by atoms with E-state index in [2.05, 4.69) is 20.6 Å². The summed E-state index contributed by atoms with van der Waals surface area (Å²) in [6, 6.07) is 10.5. The topological polar surface area (TPSA) is 61.8 Å². The summed E-state index contributed by atoms with van der Waals surface area (Å²) in [6.07, 6.45) is 2.50. The number of guanidine groups is 1. The summed E-state index contributed by atoms with van der Waals surface area (Å²) in [6.45, 7) is 2.50. The zero-order valence-corrected chi connectivity index (χ0v) is 18.7. The van der Waals surface area contributed by atoms with Crippen LogP contribution in [0.5, 0.6) is 5.75 Å². The Hall–Kier alpha value is -1.81. The predicted molar refractivity (Wildman–Crippen MR) is 122 cm³/mol. The van der Waals surface area contributed by atoms with Crippen molar-refractivity contribution >= 4 is 47.4 Å². The number of rotatable bonds is 6. The molecule has 9 heteroatoms. The molecular formula is C19H24ClFIN5O. The lowest BCUT2D eigenvalue weighted by Gasteiger charge is -2.20. The van der Waals surface area contributed by atoms with Gasteiger partial charge in [-0.05, 0) is 36.8 Å². The van der Waals surface area contributed by atoms with Crippen LogP contribution in [0.25, 0.3) is 0 Å². The summed E-state index contributed by atoms with van der Waals surface area (Å²) < 4.78 is 19.5. The summed E-state index contributed by atoms with van der Waals surface area (Å²) in [5, 5.41) is 7.23. The maximum Gasteiger partial charge on any atom is 0.191 e. The molecule has 152 valence electrons. The van der Waals surface area contributed by atoms with Crippen LogP contribution in [-0.4, -0.2) is 50.3 Å². The first kappa shape index (κ1) is 22.5. The lowest BCUT2D eigenvalue weighted by molar-refractivity contribution is 0.321. The summed E-state index contributed by atoms with van der Waals surface area (Å²) in [4.78, 5) is 10.3. The van der Waals surface area contributed by atoms with Crippen LogP contribution in [0.1, 0.15) is 6.42 Å². The van der Waals surface area contributed by atoms with Crippen LogP contribution in [0.2, 0.25) is 5.02 Å². The average Bonchev–Trinajstić information content (AvgIpc) is 3.13. The van der Waals surface area contributed by atoms with Gasteiger partial charge in [0.05, 0.1) is 6.54 Å². The van der Waals surface area contributed by atoms with Crippen molar-refractivity contribution < 1.29 is 9.13 Å². The third-order valence-electron chi connectivity index (χ3n) is 4.25. The number of pyridine rings is 1. The Morgan fingerprint density at radius 1 is 1.39 bits per heavy atom. The van der Waals surface area contributed by atoms with Gasteiger partial charge in [0.2, 0.25) is 0 Å². The molecule has 1 unspecified atom stereocenters. The van der Waals surface area contributed by atoms with Crippen molar-refractivity contribution in [2.24, 2.45) is 4.99 Å². The highest BCUT2D eigenvalue weighted by Gasteiger charge is 2.25. The van der Waals surface area contributed by atoms with E-state index < -0.39 is 0 Å². The van der Waals surface area contributed by atoms with Gasteiger partial charge in [0.15, 0.2) is 17.6 Å². The molecule has 2 heterocycles. The first-order valence-corrected chi connectivity index (χ1v) is 9.24. The Balaban J connectivity index is 0.00000280. The van der Waals surface area contributed by atoms with Gasteiger partial charge in [-0.25, -0.2) is 9.37 Å². The van der Waals surface area contributed by atoms with Crippen molar-refractivity contribution in [3.63, 3.8) is 0 Å². The fraction of sp³-hybridized carbons (Fsp3) is 0.368. The Kier molecular flexibility index (Phi) is 9.04. The van der Waals surface area contributed by atoms with Gasteiger partial charge < -0.3 is 20.3 Å². The maximum absolute atomic E-state index is 13.9. The second-order valence-electron chi connectivity index (χ2n) is 6.19. The fourth-order valence-corrected chi connectivity index (χ4v) is 3.14. The van der Waals surface area contributed by atoms with E-state index in [4.69, 9.17) is 16.3 Å². The number of nitrogens with one attached hydrogen (secondary N) is 2. The van der Waals surface area contributed by atoms with Crippen LogP contribution in [-0.2, 0) is 0 Å². The monoisotopic (exact) mass is 519 g/mol. The molecule has 28 heavy (non-hydrogen) atoms. The smallest absolute Gasteiger partial charge is 0.191 e. The van der Waals surface area contributed by atoms with Crippen molar-refractivity contribution in [2.45, 2.75) is 12.5 Å². The number of hydrogen-bond acceptors (Lipinski definition) is 4. The first-order valence-electron chi connectivity index (χ1n) is 8.86. The Bertz CT molecular complexity index is 794. The summed E-state index contributed by atoms with van der Waals surface area (Å²) in [5.74, 6) is 1.53. The van der Waals surface area contributed by atoms with Crippen LogP contribution < -0.4 is 20.3 Å². The van der Waals surface area contributed by atoms with E-state index in [0.717, 1.165) is 18.7 Å². The van der Waals surface area contributed by atoms with Crippen molar-refractivity contribution in [1.82, 2.24) is 15.6 Å². The zero-order chi connectivity index (χ0) is 19.1. The van der Waals surface area contributed by atoms with Gasteiger partial charge in [0.25, 0.3) is 0 Å². The Morgan fingerprint density at radius 3 is 3.00 bits per heavy atom. The SMILES string of the molecule is CN=C(NCCOc1cccc(Cl)c1)NC1CCN(c2ncccc2F)C1.I. The van der Waals surface area contributed by atoms with Crippen molar-refractivity contribution in [1.29, 1.82) is 0 Å². The summed E-state index contributed by atoms with van der Waals surface area (Å²) >= 11 is 5.93. The fourth-order valence-electron chi connectivity index (χ4n) is 2.96. The normalized spacial score (nSPS) is 16.5. The first-order chi connectivity index (χ1) is 13.2. The number of nitrogens with zero attached hydrogens (tertiary/aromatic N) is 3. The number of benzene rings is 1. The third kappa shape index (κ3) is 6.37. The zero-order valence-electron chi connectivity index (χ0n) is 15.6. The van der Waals surface area contributed by atoms with E-state index in [-0.39, 0.29) is 35.8 Å². The van der Waals surface area contributed by atoms with E-state index in [1.54, 1.807) is 31.4 Å². The standard InChI is InChI=1S/C19H23ClFN5O.HI/c1-22-19(24-9-11-27-16-5-2-4-14(20)12-16)25-15-7-10-26(13-15)18-17(21)6-3-8-23-18;/h2-6,8,12,15H,7,9-11,13H2,1H3,(H2,22,24,25);1H. The molecule has 1 aromatic heterocycles. The van der Waals surface area contributed by atoms with Gasteiger partial charge in [-0.3, -0.25) is 4.99 Å². The lowest BCUT2D eigenvalue weighted by Crippen LogP contribution is -2.45. The predicted octanol–water partition coefficient (Wildman–Crippen LogP) is 3.31. The van der Waals surface area contributed by atoms with Gasteiger partial charge in [-0.1, -0.05) is 17.7 Å². The number of ether oxygens (including phenoxy) is 1. The van der Waals surface area contributed by atoms with Gasteiger partial charge in [0, 0.05) is 37.4 Å². The highest BCUT2D eigenvalue weighted by atomic mass is 127. The van der Waals surface area contributed by atoms with Crippen LogP contribution in [0.15, 0.2) is 47.6 Å². The maximum atomic E-state index is 13.9. The number of halogens is 3. The molecule has 1 aliphatic heterocycles. The van der Waals surface area contributed by atoms with Gasteiger partial charge in [0.1, 0.15) is 12.4 Å². The lowest BCUT2D eigenvalue weighted by atomic mass is 10.3.